The third-order valence-corrected chi connectivity index (χ3v) is 19.3. The third-order valence-electron chi connectivity index (χ3n) is 16.9. The van der Waals surface area contributed by atoms with E-state index in [0.717, 1.165) is 114 Å². The summed E-state index contributed by atoms with van der Waals surface area (Å²) in [6.45, 7) is 0. The van der Waals surface area contributed by atoms with E-state index in [1.165, 1.54) is 30.9 Å². The average molecular weight is 1080 g/mol. The molecule has 4 heterocycles. The minimum atomic E-state index is 0.418. The van der Waals surface area contributed by atoms with Gasteiger partial charge in [0.05, 0.1) is 54.0 Å². The molecule has 0 unspecified atom stereocenters. The molecule has 0 N–H and O–H groups in total. The van der Waals surface area contributed by atoms with Gasteiger partial charge in [0.25, 0.3) is 0 Å². The first-order chi connectivity index (χ1) is 40.6. The van der Waals surface area contributed by atoms with Crippen molar-refractivity contribution in [3.8, 4) is 68.0 Å². The number of thiophene rings is 2. The first-order valence-corrected chi connectivity index (χ1v) is 29.2. The van der Waals surface area contributed by atoms with Crippen LogP contribution in [0.15, 0.2) is 255 Å². The number of hydrogen-bond acceptors (Lipinski definition) is 4. The summed E-state index contributed by atoms with van der Waals surface area (Å²) < 4.78 is 9.42. The number of nitriles is 2. The van der Waals surface area contributed by atoms with Gasteiger partial charge in [-0.15, -0.1) is 22.7 Å². The molecule has 4 aromatic heterocycles. The monoisotopic (exact) mass is 1070 g/mol. The average Bonchev–Trinajstić information content (AvgIpc) is 2.84. The number of aromatic nitrogens is 2. The van der Waals surface area contributed by atoms with Crippen molar-refractivity contribution >= 4 is 128 Å². The van der Waals surface area contributed by atoms with Gasteiger partial charge in [0.2, 0.25) is 0 Å². The van der Waals surface area contributed by atoms with Crippen LogP contribution in [0.2, 0.25) is 0 Å². The molecule has 0 saturated heterocycles. The van der Waals surface area contributed by atoms with Crippen molar-refractivity contribution in [2.45, 2.75) is 0 Å². The highest BCUT2D eigenvalue weighted by Crippen LogP contribution is 2.54. The Morgan fingerprint density at radius 1 is 0.305 bits per heavy atom. The zero-order valence-corrected chi connectivity index (χ0v) is 45.5. The normalized spacial score (nSPS) is 11.9. The number of para-hydroxylation sites is 2. The topological polar surface area (TPSA) is 57.4 Å². The second-order valence-corrected chi connectivity index (χ2v) is 23.3. The maximum atomic E-state index is 12.6. The largest absolute Gasteiger partial charge is 0.306 e. The summed E-state index contributed by atoms with van der Waals surface area (Å²) >= 11 is 3.60. The van der Waals surface area contributed by atoms with Crippen LogP contribution in [0, 0.1) is 22.7 Å². The summed E-state index contributed by atoms with van der Waals surface area (Å²) in [5.74, 6) is 0. The van der Waals surface area contributed by atoms with Crippen LogP contribution in [0.3, 0.4) is 0 Å². The molecule has 17 rings (SSSR count). The second kappa shape index (κ2) is 18.0. The summed E-state index contributed by atoms with van der Waals surface area (Å²) in [6.07, 6.45) is 0. The van der Waals surface area contributed by atoms with Crippen molar-refractivity contribution in [1.82, 2.24) is 9.13 Å². The van der Waals surface area contributed by atoms with E-state index in [1.54, 1.807) is 22.7 Å². The fourth-order valence-electron chi connectivity index (χ4n) is 13.5. The van der Waals surface area contributed by atoms with E-state index < -0.39 is 0 Å². The highest BCUT2D eigenvalue weighted by atomic mass is 32.1. The van der Waals surface area contributed by atoms with Gasteiger partial charge in [-0.05, 0) is 103 Å². The Morgan fingerprint density at radius 3 is 1.13 bits per heavy atom. The molecular weight excluding hydrogens is 1030 g/mol. The smallest absolute Gasteiger partial charge is 0.102 e. The quantitative estimate of drug-likeness (QED) is 0.167. The van der Waals surface area contributed by atoms with Gasteiger partial charge in [0.15, 0.2) is 0 Å². The minimum Gasteiger partial charge on any atom is -0.306 e. The van der Waals surface area contributed by atoms with E-state index in [-0.39, 0.29) is 0 Å². The lowest BCUT2D eigenvalue weighted by Gasteiger charge is -2.26. The third kappa shape index (κ3) is 6.62. The van der Waals surface area contributed by atoms with Crippen LogP contribution in [0.5, 0.6) is 0 Å². The SMILES string of the molecule is N#Cc1c(-c2ccc3ccccc3c2)c(C#N)c(-n2c3ccccc3c3cc(-c4ccccc4)c4c5ccccc5sc4c32)c(-c2ccc3ccccc3c2)c1-n1c2ccccc2c2cc(-c3ccccc3)c3c4ccccc4sc3c21. The number of nitrogens with zero attached hydrogens (tertiary/aromatic N) is 4. The molecule has 0 bridgehead atoms. The Bertz CT molecular complexity index is 5400. The van der Waals surface area contributed by atoms with Gasteiger partial charge >= 0.3 is 0 Å². The van der Waals surface area contributed by atoms with Crippen LogP contribution < -0.4 is 0 Å². The van der Waals surface area contributed by atoms with Gasteiger partial charge in [-0.25, -0.2) is 0 Å². The van der Waals surface area contributed by atoms with Crippen LogP contribution >= 0.6 is 22.7 Å². The van der Waals surface area contributed by atoms with Gasteiger partial charge < -0.3 is 9.13 Å². The summed E-state index contributed by atoms with van der Waals surface area (Å²) in [5.41, 5.74) is 13.8. The molecule has 378 valence electrons. The molecule has 0 radical (unpaired) electrons. The molecule has 17 aromatic rings. The predicted molar refractivity (Wildman–Crippen MR) is 347 cm³/mol. The molecule has 82 heavy (non-hydrogen) atoms. The lowest BCUT2D eigenvalue weighted by Crippen LogP contribution is -2.11. The first kappa shape index (κ1) is 46.3. The van der Waals surface area contributed by atoms with Crippen molar-refractivity contribution in [1.29, 1.82) is 10.5 Å². The van der Waals surface area contributed by atoms with Crippen molar-refractivity contribution in [2.24, 2.45) is 0 Å². The predicted octanol–water partition coefficient (Wildman–Crippen LogP) is 21.3. The highest BCUT2D eigenvalue weighted by molar-refractivity contribution is 7.27. The minimum absolute atomic E-state index is 0.418. The van der Waals surface area contributed by atoms with E-state index in [0.29, 0.717) is 28.1 Å². The zero-order chi connectivity index (χ0) is 54.2. The lowest BCUT2D eigenvalue weighted by atomic mass is 9.85. The lowest BCUT2D eigenvalue weighted by molar-refractivity contribution is 1.13. The summed E-state index contributed by atoms with van der Waals surface area (Å²) in [5, 5.41) is 38.3. The summed E-state index contributed by atoms with van der Waals surface area (Å²) in [7, 11) is 0. The number of fused-ring (bicyclic) bond motifs is 16. The molecular formula is C76H42N4S2. The van der Waals surface area contributed by atoms with Gasteiger partial charge in [0, 0.05) is 63.6 Å². The van der Waals surface area contributed by atoms with E-state index in [4.69, 9.17) is 0 Å². The molecule has 0 aliphatic carbocycles. The Balaban J connectivity index is 1.16. The molecule has 13 aromatic carbocycles. The Hall–Kier alpha value is -10.6. The fraction of sp³-hybridized carbons (Fsp3) is 0. The Kier molecular flexibility index (Phi) is 10.1. The van der Waals surface area contributed by atoms with Crippen LogP contribution in [-0.2, 0) is 0 Å². The van der Waals surface area contributed by atoms with Crippen LogP contribution in [0.4, 0.5) is 0 Å². The van der Waals surface area contributed by atoms with E-state index in [1.807, 2.05) is 0 Å². The molecule has 0 spiro atoms. The molecule has 6 heteroatoms. The Labute approximate surface area is 478 Å². The number of rotatable bonds is 6. The zero-order valence-electron chi connectivity index (χ0n) is 43.9. The van der Waals surface area contributed by atoms with E-state index in [9.17, 15) is 10.5 Å². The first-order valence-electron chi connectivity index (χ1n) is 27.5. The molecule has 0 amide bonds. The number of benzene rings is 13. The van der Waals surface area contributed by atoms with Crippen LogP contribution in [-0.4, -0.2) is 9.13 Å². The maximum Gasteiger partial charge on any atom is 0.102 e. The summed E-state index contributed by atoms with van der Waals surface area (Å²) in [4.78, 5) is 0. The van der Waals surface area contributed by atoms with Crippen molar-refractivity contribution in [2.75, 3.05) is 0 Å². The van der Waals surface area contributed by atoms with Crippen LogP contribution in [0.25, 0.3) is 161 Å². The molecule has 4 nitrogen and oxygen atoms in total. The van der Waals surface area contributed by atoms with Gasteiger partial charge in [-0.3, -0.25) is 0 Å². The van der Waals surface area contributed by atoms with Crippen LogP contribution in [0.1, 0.15) is 11.1 Å². The number of hydrogen-bond donors (Lipinski definition) is 0. The molecule has 0 aliphatic heterocycles. The van der Waals surface area contributed by atoms with Gasteiger partial charge in [0.1, 0.15) is 12.1 Å². The second-order valence-electron chi connectivity index (χ2n) is 21.2. The van der Waals surface area contributed by atoms with Gasteiger partial charge in [-0.2, -0.15) is 10.5 Å². The van der Waals surface area contributed by atoms with Crippen molar-refractivity contribution in [3.05, 3.63) is 266 Å². The molecule has 0 atom stereocenters. The standard InChI is InChI=1S/C76H42N4S2/c77-43-61-67(51-37-35-45-19-7-9-25-49(45)39-51)62(44-78)72(80-64-32-16-12-28-54(64)60-42-58(48-23-5-2-6-24-48)70-56-30-14-18-34-66(56)82-76(70)74(60)80)68(52-38-36-46-20-8-10-26-50(46)40-52)71(61)79-63-31-15-11-27-53(63)59-41-57(47-21-3-1-4-22-47)69-55-29-13-17-33-65(55)81-75(69)73(59)79/h1-42H. The Morgan fingerprint density at radius 2 is 0.683 bits per heavy atom. The molecule has 0 saturated carbocycles. The molecule has 0 fully saturated rings. The van der Waals surface area contributed by atoms with Crippen molar-refractivity contribution < 1.29 is 0 Å². The van der Waals surface area contributed by atoms with Gasteiger partial charge in [-0.1, -0.05) is 206 Å². The summed E-state index contributed by atoms with van der Waals surface area (Å²) in [6, 6.07) is 96.8. The van der Waals surface area contributed by atoms with Crippen molar-refractivity contribution in [3.63, 3.8) is 0 Å². The van der Waals surface area contributed by atoms with E-state index in [2.05, 4.69) is 276 Å². The molecule has 0 aliphatic rings. The fourth-order valence-corrected chi connectivity index (χ4v) is 16.0. The van der Waals surface area contributed by atoms with E-state index >= 15 is 0 Å². The highest BCUT2D eigenvalue weighted by Gasteiger charge is 2.34. The maximum absolute atomic E-state index is 12.6.